The van der Waals surface area contributed by atoms with E-state index in [2.05, 4.69) is 29.5 Å². The quantitative estimate of drug-likeness (QED) is 0.648. The summed E-state index contributed by atoms with van der Waals surface area (Å²) in [7, 11) is 3.90. The van der Waals surface area contributed by atoms with Gasteiger partial charge in [-0.05, 0) is 39.8 Å². The molecule has 1 rings (SSSR count). The highest BCUT2D eigenvalue weighted by Crippen LogP contribution is 2.11. The smallest absolute Gasteiger partial charge is 0.0589 e. The standard InChI is InChI=1S/C14H31N3O/c1-13(12-14-6-4-5-7-16-14)15-8-9-17(2)10-11-18-3/h13-16H,4-12H2,1-3H3. The molecule has 1 aliphatic heterocycles. The van der Waals surface area contributed by atoms with Crippen LogP contribution >= 0.6 is 0 Å². The summed E-state index contributed by atoms with van der Waals surface area (Å²) in [5.74, 6) is 0. The van der Waals surface area contributed by atoms with Gasteiger partial charge in [-0.15, -0.1) is 0 Å². The fourth-order valence-corrected chi connectivity index (χ4v) is 2.50. The molecule has 4 heteroatoms. The molecule has 0 radical (unpaired) electrons. The molecule has 0 bridgehead atoms. The summed E-state index contributed by atoms with van der Waals surface area (Å²) < 4.78 is 5.07. The molecule has 108 valence electrons. The zero-order valence-corrected chi connectivity index (χ0v) is 12.4. The maximum absolute atomic E-state index is 5.07. The average Bonchev–Trinajstić information content (AvgIpc) is 2.37. The first-order chi connectivity index (χ1) is 8.72. The Morgan fingerprint density at radius 2 is 2.22 bits per heavy atom. The summed E-state index contributed by atoms with van der Waals surface area (Å²) in [6, 6.07) is 1.34. The number of ether oxygens (including phenoxy) is 1. The van der Waals surface area contributed by atoms with E-state index in [0.717, 1.165) is 32.3 Å². The van der Waals surface area contributed by atoms with Gasteiger partial charge in [0.2, 0.25) is 0 Å². The van der Waals surface area contributed by atoms with Crippen molar-refractivity contribution in [3.63, 3.8) is 0 Å². The van der Waals surface area contributed by atoms with Crippen molar-refractivity contribution in [1.82, 2.24) is 15.5 Å². The maximum Gasteiger partial charge on any atom is 0.0589 e. The number of rotatable bonds is 9. The third-order valence-electron chi connectivity index (χ3n) is 3.71. The molecule has 1 fully saturated rings. The Balaban J connectivity index is 2.00. The van der Waals surface area contributed by atoms with E-state index in [4.69, 9.17) is 4.74 Å². The molecular weight excluding hydrogens is 226 g/mol. The zero-order chi connectivity index (χ0) is 13.2. The van der Waals surface area contributed by atoms with Crippen molar-refractivity contribution in [3.05, 3.63) is 0 Å². The van der Waals surface area contributed by atoms with Crippen molar-refractivity contribution >= 4 is 0 Å². The van der Waals surface area contributed by atoms with E-state index in [1.165, 1.54) is 32.2 Å². The van der Waals surface area contributed by atoms with Crippen molar-refractivity contribution in [3.8, 4) is 0 Å². The van der Waals surface area contributed by atoms with Gasteiger partial charge >= 0.3 is 0 Å². The van der Waals surface area contributed by atoms with E-state index in [0.29, 0.717) is 6.04 Å². The van der Waals surface area contributed by atoms with Crippen LogP contribution in [0.15, 0.2) is 0 Å². The highest BCUT2D eigenvalue weighted by atomic mass is 16.5. The lowest BCUT2D eigenvalue weighted by molar-refractivity contribution is 0.161. The Bertz CT molecular complexity index is 195. The normalized spacial score (nSPS) is 22.3. The van der Waals surface area contributed by atoms with E-state index in [-0.39, 0.29) is 0 Å². The van der Waals surface area contributed by atoms with Crippen LogP contribution in [-0.2, 0) is 4.74 Å². The summed E-state index contributed by atoms with van der Waals surface area (Å²) in [6.07, 6.45) is 5.34. The second-order valence-electron chi connectivity index (χ2n) is 5.53. The van der Waals surface area contributed by atoms with Crippen molar-refractivity contribution in [1.29, 1.82) is 0 Å². The van der Waals surface area contributed by atoms with Gasteiger partial charge in [0.05, 0.1) is 6.61 Å². The average molecular weight is 257 g/mol. The van der Waals surface area contributed by atoms with Crippen LogP contribution in [0, 0.1) is 0 Å². The molecule has 0 aliphatic carbocycles. The fraction of sp³-hybridized carbons (Fsp3) is 1.00. The van der Waals surface area contributed by atoms with Crippen LogP contribution in [0.25, 0.3) is 0 Å². The first-order valence-electron chi connectivity index (χ1n) is 7.36. The van der Waals surface area contributed by atoms with E-state index >= 15 is 0 Å². The van der Waals surface area contributed by atoms with Crippen LogP contribution < -0.4 is 10.6 Å². The van der Waals surface area contributed by atoms with Gasteiger partial charge in [0.1, 0.15) is 0 Å². The molecule has 0 aromatic heterocycles. The van der Waals surface area contributed by atoms with Crippen LogP contribution in [0.2, 0.25) is 0 Å². The molecule has 4 nitrogen and oxygen atoms in total. The van der Waals surface area contributed by atoms with Gasteiger partial charge in [0.25, 0.3) is 0 Å². The van der Waals surface area contributed by atoms with Crippen LogP contribution in [0.5, 0.6) is 0 Å². The molecular formula is C14H31N3O. The van der Waals surface area contributed by atoms with Gasteiger partial charge in [-0.3, -0.25) is 0 Å². The van der Waals surface area contributed by atoms with E-state index in [1.807, 2.05) is 0 Å². The number of hydrogen-bond donors (Lipinski definition) is 2. The second-order valence-corrected chi connectivity index (χ2v) is 5.53. The fourth-order valence-electron chi connectivity index (χ4n) is 2.50. The Morgan fingerprint density at radius 3 is 2.89 bits per heavy atom. The summed E-state index contributed by atoms with van der Waals surface area (Å²) >= 11 is 0. The Kier molecular flexibility index (Phi) is 8.59. The first kappa shape index (κ1) is 15.9. The number of methoxy groups -OCH3 is 1. The van der Waals surface area contributed by atoms with Gasteiger partial charge < -0.3 is 20.3 Å². The molecule has 0 amide bonds. The van der Waals surface area contributed by atoms with Crippen LogP contribution in [0.4, 0.5) is 0 Å². The highest BCUT2D eigenvalue weighted by Gasteiger charge is 2.15. The molecule has 2 unspecified atom stereocenters. The van der Waals surface area contributed by atoms with Crippen LogP contribution in [0.1, 0.15) is 32.6 Å². The number of nitrogens with one attached hydrogen (secondary N) is 2. The maximum atomic E-state index is 5.07. The van der Waals surface area contributed by atoms with E-state index < -0.39 is 0 Å². The molecule has 0 aromatic rings. The van der Waals surface area contributed by atoms with Crippen molar-refractivity contribution in [2.24, 2.45) is 0 Å². The Labute approximate surface area is 112 Å². The largest absolute Gasteiger partial charge is 0.383 e. The van der Waals surface area contributed by atoms with E-state index in [9.17, 15) is 0 Å². The van der Waals surface area contributed by atoms with Crippen molar-refractivity contribution < 1.29 is 4.74 Å². The Morgan fingerprint density at radius 1 is 1.39 bits per heavy atom. The zero-order valence-electron chi connectivity index (χ0n) is 12.4. The molecule has 18 heavy (non-hydrogen) atoms. The number of likely N-dealkylation sites (N-methyl/N-ethyl adjacent to an activating group) is 1. The topological polar surface area (TPSA) is 36.5 Å². The minimum absolute atomic E-state index is 0.608. The van der Waals surface area contributed by atoms with Gasteiger partial charge in [0.15, 0.2) is 0 Å². The van der Waals surface area contributed by atoms with Gasteiger partial charge in [-0.2, -0.15) is 0 Å². The number of nitrogens with zero attached hydrogens (tertiary/aromatic N) is 1. The lowest BCUT2D eigenvalue weighted by atomic mass is 9.99. The van der Waals surface area contributed by atoms with Gasteiger partial charge in [0, 0.05) is 38.8 Å². The lowest BCUT2D eigenvalue weighted by Crippen LogP contribution is -2.41. The Hall–Kier alpha value is -0.160. The summed E-state index contributed by atoms with van der Waals surface area (Å²) in [5, 5.41) is 7.22. The second kappa shape index (κ2) is 9.73. The highest BCUT2D eigenvalue weighted by molar-refractivity contribution is 4.77. The minimum Gasteiger partial charge on any atom is -0.383 e. The van der Waals surface area contributed by atoms with Gasteiger partial charge in [-0.25, -0.2) is 0 Å². The summed E-state index contributed by atoms with van der Waals surface area (Å²) in [4.78, 5) is 2.31. The molecule has 1 heterocycles. The predicted molar refractivity (Wildman–Crippen MR) is 77.1 cm³/mol. The predicted octanol–water partition coefficient (Wildman–Crippen LogP) is 1.07. The third kappa shape index (κ3) is 7.31. The molecule has 2 N–H and O–H groups in total. The van der Waals surface area contributed by atoms with E-state index in [1.54, 1.807) is 7.11 Å². The molecule has 1 aliphatic rings. The number of piperidine rings is 1. The third-order valence-corrected chi connectivity index (χ3v) is 3.71. The molecule has 0 saturated carbocycles. The van der Waals surface area contributed by atoms with Crippen LogP contribution in [-0.4, -0.2) is 63.9 Å². The first-order valence-corrected chi connectivity index (χ1v) is 7.36. The molecule has 0 aromatic carbocycles. The lowest BCUT2D eigenvalue weighted by Gasteiger charge is -2.27. The summed E-state index contributed by atoms with van der Waals surface area (Å²) in [6.45, 7) is 7.48. The van der Waals surface area contributed by atoms with Crippen molar-refractivity contribution in [2.75, 3.05) is 46.9 Å². The molecule has 2 atom stereocenters. The minimum atomic E-state index is 0.608. The molecule has 0 spiro atoms. The number of hydrogen-bond acceptors (Lipinski definition) is 4. The molecule has 1 saturated heterocycles. The SMILES string of the molecule is COCCN(C)CCNC(C)CC1CCCCN1. The van der Waals surface area contributed by atoms with Gasteiger partial charge in [-0.1, -0.05) is 6.42 Å². The summed E-state index contributed by atoms with van der Waals surface area (Å²) in [5.41, 5.74) is 0. The monoisotopic (exact) mass is 257 g/mol. The van der Waals surface area contributed by atoms with Crippen LogP contribution in [0.3, 0.4) is 0 Å². The van der Waals surface area contributed by atoms with Crippen molar-refractivity contribution in [2.45, 2.75) is 44.7 Å².